The maximum absolute atomic E-state index is 12.7. The van der Waals surface area contributed by atoms with Gasteiger partial charge in [-0.15, -0.1) is 0 Å². The van der Waals surface area contributed by atoms with E-state index in [-0.39, 0.29) is 11.8 Å². The molecule has 26 heavy (non-hydrogen) atoms. The molecular weight excluding hydrogens is 441 g/mol. The zero-order chi connectivity index (χ0) is 18.4. The number of amides is 2. The lowest BCUT2D eigenvalue weighted by Crippen LogP contribution is -2.49. The van der Waals surface area contributed by atoms with Crippen LogP contribution in [-0.4, -0.2) is 47.3 Å². The van der Waals surface area contributed by atoms with Gasteiger partial charge in [-0.2, -0.15) is 0 Å². The van der Waals surface area contributed by atoms with Gasteiger partial charge in [0.05, 0.1) is 5.56 Å². The summed E-state index contributed by atoms with van der Waals surface area (Å²) in [5.74, 6) is 0.101. The molecule has 1 fully saturated rings. The molecule has 5 nitrogen and oxygen atoms in total. The van der Waals surface area contributed by atoms with Gasteiger partial charge in [0.15, 0.2) is 0 Å². The van der Waals surface area contributed by atoms with Gasteiger partial charge in [0.25, 0.3) is 5.91 Å². The Kier molecular flexibility index (Phi) is 6.49. The van der Waals surface area contributed by atoms with Crippen molar-refractivity contribution < 1.29 is 9.59 Å². The van der Waals surface area contributed by atoms with Crippen LogP contribution < -0.4 is 10.2 Å². The molecule has 0 atom stereocenters. The molecule has 1 heterocycles. The van der Waals surface area contributed by atoms with Crippen LogP contribution in [0.3, 0.4) is 0 Å². The predicted molar refractivity (Wildman–Crippen MR) is 113 cm³/mol. The van der Waals surface area contributed by atoms with E-state index in [0.29, 0.717) is 25.1 Å². The Morgan fingerprint density at radius 3 is 2.27 bits per heavy atom. The maximum Gasteiger partial charge on any atom is 0.257 e. The number of carbonyl (C=O) groups is 2. The molecule has 0 spiro atoms. The summed E-state index contributed by atoms with van der Waals surface area (Å²) in [5.41, 5.74) is 2.35. The third kappa shape index (κ3) is 4.55. The van der Waals surface area contributed by atoms with Crippen LogP contribution in [0.1, 0.15) is 16.8 Å². The smallest absolute Gasteiger partial charge is 0.257 e. The van der Waals surface area contributed by atoms with Crippen LogP contribution in [0.5, 0.6) is 0 Å². The van der Waals surface area contributed by atoms with Crippen molar-refractivity contribution >= 4 is 45.8 Å². The average Bonchev–Trinajstić information content (AvgIpc) is 2.69. The lowest BCUT2D eigenvalue weighted by atomic mass is 10.1. The second-order valence-electron chi connectivity index (χ2n) is 6.14. The van der Waals surface area contributed by atoms with Crippen molar-refractivity contribution in [2.75, 3.05) is 40.8 Å². The molecule has 1 aliphatic heterocycles. The van der Waals surface area contributed by atoms with Gasteiger partial charge in [0, 0.05) is 48.4 Å². The summed E-state index contributed by atoms with van der Waals surface area (Å²) in [7, 11) is 0. The molecule has 2 aromatic carbocycles. The van der Waals surface area contributed by atoms with Gasteiger partial charge in [0.1, 0.15) is 0 Å². The van der Waals surface area contributed by atoms with Gasteiger partial charge < -0.3 is 15.1 Å². The van der Waals surface area contributed by atoms with Crippen LogP contribution in [0, 0.1) is 0 Å². The fourth-order valence-electron chi connectivity index (χ4n) is 3.10. The van der Waals surface area contributed by atoms with E-state index in [9.17, 15) is 9.59 Å². The van der Waals surface area contributed by atoms with Crippen LogP contribution in [0.15, 0.2) is 54.6 Å². The number of hydrogen-bond donors (Lipinski definition) is 1. The molecule has 2 aromatic rings. The molecule has 0 aliphatic carbocycles. The zero-order valence-electron chi connectivity index (χ0n) is 14.5. The Balaban J connectivity index is 1.70. The molecule has 0 aromatic heterocycles. The molecule has 136 valence electrons. The summed E-state index contributed by atoms with van der Waals surface area (Å²) in [6, 6.07) is 17.1. The highest BCUT2D eigenvalue weighted by Crippen LogP contribution is 2.23. The van der Waals surface area contributed by atoms with E-state index in [1.807, 2.05) is 59.5 Å². The van der Waals surface area contributed by atoms with Crippen LogP contribution in [0.4, 0.5) is 11.4 Å². The largest absolute Gasteiger partial charge is 0.367 e. The van der Waals surface area contributed by atoms with Crippen LogP contribution >= 0.6 is 22.6 Å². The van der Waals surface area contributed by atoms with Crippen molar-refractivity contribution in [2.45, 2.75) is 6.42 Å². The van der Waals surface area contributed by atoms with E-state index in [4.69, 9.17) is 0 Å². The lowest BCUT2D eigenvalue weighted by Gasteiger charge is -2.36. The van der Waals surface area contributed by atoms with Gasteiger partial charge in [-0.3, -0.25) is 9.59 Å². The number of piperazine rings is 1. The van der Waals surface area contributed by atoms with Crippen molar-refractivity contribution in [1.82, 2.24) is 4.90 Å². The second-order valence-corrected chi connectivity index (χ2v) is 7.22. The maximum atomic E-state index is 12.7. The van der Waals surface area contributed by atoms with E-state index in [2.05, 4.69) is 32.8 Å². The summed E-state index contributed by atoms with van der Waals surface area (Å²) in [6.07, 6.45) is 0.594. The molecule has 1 saturated heterocycles. The molecule has 0 saturated carbocycles. The van der Waals surface area contributed by atoms with E-state index in [1.54, 1.807) is 0 Å². The van der Waals surface area contributed by atoms with Gasteiger partial charge in [-0.25, -0.2) is 0 Å². The van der Waals surface area contributed by atoms with E-state index >= 15 is 0 Å². The highest BCUT2D eigenvalue weighted by Gasteiger charge is 2.23. The minimum absolute atomic E-state index is 0.116. The first-order valence-corrected chi connectivity index (χ1v) is 10.3. The number of alkyl halides is 1. The van der Waals surface area contributed by atoms with Crippen molar-refractivity contribution in [1.29, 1.82) is 0 Å². The van der Waals surface area contributed by atoms with Crippen LogP contribution in [-0.2, 0) is 4.79 Å². The fourth-order valence-corrected chi connectivity index (χ4v) is 3.56. The molecular formula is C20H22IN3O2. The number of rotatable bonds is 5. The lowest BCUT2D eigenvalue weighted by molar-refractivity contribution is -0.130. The molecule has 1 aliphatic rings. The molecule has 2 amide bonds. The Labute approximate surface area is 167 Å². The van der Waals surface area contributed by atoms with Gasteiger partial charge in [0.2, 0.25) is 5.91 Å². The number of nitrogens with one attached hydrogen (secondary N) is 1. The van der Waals surface area contributed by atoms with Crippen LogP contribution in [0.25, 0.3) is 0 Å². The van der Waals surface area contributed by atoms with E-state index in [0.717, 1.165) is 28.9 Å². The molecule has 0 radical (unpaired) electrons. The number of hydrogen-bond acceptors (Lipinski definition) is 3. The number of halogens is 1. The minimum atomic E-state index is -0.116. The molecule has 6 heteroatoms. The van der Waals surface area contributed by atoms with Crippen molar-refractivity contribution in [2.24, 2.45) is 0 Å². The summed E-state index contributed by atoms with van der Waals surface area (Å²) in [6.45, 7) is 2.87. The highest BCUT2D eigenvalue weighted by atomic mass is 127. The molecule has 1 N–H and O–H groups in total. The van der Waals surface area contributed by atoms with Crippen molar-refractivity contribution in [3.05, 3.63) is 60.2 Å². The third-order valence-corrected chi connectivity index (χ3v) is 5.00. The SMILES string of the molecule is O=C(Nc1ccccc1)c1ccccc1N1CCN(C(=O)CCI)CC1. The van der Waals surface area contributed by atoms with Gasteiger partial charge in [-0.05, 0) is 24.3 Å². The monoisotopic (exact) mass is 463 g/mol. The third-order valence-electron chi connectivity index (χ3n) is 4.46. The fraction of sp³-hybridized carbons (Fsp3) is 0.300. The molecule has 3 rings (SSSR count). The highest BCUT2D eigenvalue weighted by molar-refractivity contribution is 14.1. The Hall–Kier alpha value is -2.09. The van der Waals surface area contributed by atoms with Crippen molar-refractivity contribution in [3.63, 3.8) is 0 Å². The van der Waals surface area contributed by atoms with Crippen molar-refractivity contribution in [3.8, 4) is 0 Å². The number of nitrogens with zero attached hydrogens (tertiary/aromatic N) is 2. The first-order valence-electron chi connectivity index (χ1n) is 8.73. The number of anilines is 2. The van der Waals surface area contributed by atoms with E-state index in [1.165, 1.54) is 0 Å². The normalized spacial score (nSPS) is 14.2. The zero-order valence-corrected chi connectivity index (χ0v) is 16.7. The Morgan fingerprint density at radius 1 is 0.923 bits per heavy atom. The minimum Gasteiger partial charge on any atom is -0.367 e. The summed E-state index contributed by atoms with van der Waals surface area (Å²) in [4.78, 5) is 28.9. The van der Waals surface area contributed by atoms with E-state index < -0.39 is 0 Å². The first kappa shape index (κ1) is 18.7. The Morgan fingerprint density at radius 2 is 1.58 bits per heavy atom. The number of benzene rings is 2. The Bertz CT molecular complexity index is 759. The summed E-state index contributed by atoms with van der Waals surface area (Å²) in [5, 5.41) is 2.95. The number of carbonyl (C=O) groups excluding carboxylic acids is 2. The average molecular weight is 463 g/mol. The summed E-state index contributed by atoms with van der Waals surface area (Å²) >= 11 is 2.23. The van der Waals surface area contributed by atoms with Crippen LogP contribution in [0.2, 0.25) is 0 Å². The quantitative estimate of drug-likeness (QED) is 0.547. The summed E-state index contributed by atoms with van der Waals surface area (Å²) < 4.78 is 0.847. The standard InChI is InChI=1S/C20H22IN3O2/c21-11-10-19(25)24-14-12-23(13-15-24)18-9-5-4-8-17(18)20(26)22-16-6-2-1-3-7-16/h1-9H,10-15H2,(H,22,26). The predicted octanol–water partition coefficient (Wildman–Crippen LogP) is 3.41. The van der Waals surface area contributed by atoms with Gasteiger partial charge >= 0.3 is 0 Å². The molecule has 0 bridgehead atoms. The molecule has 0 unspecified atom stereocenters. The first-order chi connectivity index (χ1) is 12.7. The topological polar surface area (TPSA) is 52.7 Å². The number of para-hydroxylation sites is 2. The second kappa shape index (κ2) is 9.02. The van der Waals surface area contributed by atoms with Gasteiger partial charge in [-0.1, -0.05) is 52.9 Å².